The predicted octanol–water partition coefficient (Wildman–Crippen LogP) is 2.76. The van der Waals surface area contributed by atoms with Gasteiger partial charge in [-0.05, 0) is 19.3 Å². The van der Waals surface area contributed by atoms with Crippen LogP contribution in [0.25, 0.3) is 11.4 Å². The average molecular weight is 269 g/mol. The van der Waals surface area contributed by atoms with Gasteiger partial charge in [-0.3, -0.25) is 0 Å². The number of aliphatic hydroxyl groups excluding tert-OH is 1. The minimum atomic E-state index is 0.0904. The minimum Gasteiger partial charge on any atom is -0.394 e. The first-order valence-corrected chi connectivity index (χ1v) is 7.14. The van der Waals surface area contributed by atoms with Gasteiger partial charge >= 0.3 is 0 Å². The molecule has 0 saturated heterocycles. The van der Waals surface area contributed by atoms with Crippen LogP contribution in [0, 0.1) is 0 Å². The summed E-state index contributed by atoms with van der Waals surface area (Å²) in [7, 11) is 0. The first-order chi connectivity index (χ1) is 9.88. The summed E-state index contributed by atoms with van der Waals surface area (Å²) in [6.07, 6.45) is 7.65. The molecule has 0 aliphatic heterocycles. The van der Waals surface area contributed by atoms with Gasteiger partial charge in [0.2, 0.25) is 0 Å². The molecule has 0 fully saturated rings. The summed E-state index contributed by atoms with van der Waals surface area (Å²) in [4.78, 5) is 4.73. The fourth-order valence-corrected chi connectivity index (χ4v) is 2.65. The van der Waals surface area contributed by atoms with E-state index in [4.69, 9.17) is 4.98 Å². The van der Waals surface area contributed by atoms with E-state index in [0.717, 1.165) is 36.5 Å². The molecule has 0 spiro atoms. The van der Waals surface area contributed by atoms with Gasteiger partial charge in [-0.2, -0.15) is 5.10 Å². The van der Waals surface area contributed by atoms with Crippen LogP contribution in [0.1, 0.15) is 31.0 Å². The fourth-order valence-electron chi connectivity index (χ4n) is 2.65. The summed E-state index contributed by atoms with van der Waals surface area (Å²) in [6.45, 7) is 0.600. The molecule has 0 unspecified atom stereocenters. The zero-order valence-corrected chi connectivity index (χ0v) is 11.4. The van der Waals surface area contributed by atoms with Crippen molar-refractivity contribution in [3.63, 3.8) is 0 Å². The predicted molar refractivity (Wildman–Crippen MR) is 78.3 cm³/mol. The molecule has 0 bridgehead atoms. The smallest absolute Gasteiger partial charge is 0.181 e. The highest BCUT2D eigenvalue weighted by molar-refractivity contribution is 5.54. The molecule has 1 aliphatic rings. The largest absolute Gasteiger partial charge is 0.394 e. The lowest BCUT2D eigenvalue weighted by Gasteiger charge is -2.17. The molecule has 1 N–H and O–H groups in total. The highest BCUT2D eigenvalue weighted by Crippen LogP contribution is 2.29. The molecule has 1 aromatic carbocycles. The Morgan fingerprint density at radius 3 is 2.75 bits per heavy atom. The van der Waals surface area contributed by atoms with Crippen LogP contribution in [0.4, 0.5) is 0 Å². The zero-order valence-electron chi connectivity index (χ0n) is 11.4. The average Bonchev–Trinajstić information content (AvgIpc) is 2.94. The maximum absolute atomic E-state index is 9.22. The molecule has 0 saturated carbocycles. The van der Waals surface area contributed by atoms with Gasteiger partial charge in [0.25, 0.3) is 0 Å². The Labute approximate surface area is 118 Å². The van der Waals surface area contributed by atoms with Crippen LogP contribution in [0.2, 0.25) is 0 Å². The Hall–Kier alpha value is -1.94. The van der Waals surface area contributed by atoms with E-state index in [-0.39, 0.29) is 6.61 Å². The molecule has 1 atom stereocenters. The summed E-state index contributed by atoms with van der Waals surface area (Å²) in [6, 6.07) is 10.0. The molecular weight excluding hydrogens is 250 g/mol. The maximum Gasteiger partial charge on any atom is 0.181 e. The molecule has 3 rings (SSSR count). The van der Waals surface area contributed by atoms with Crippen LogP contribution >= 0.6 is 0 Å². The van der Waals surface area contributed by atoms with Crippen molar-refractivity contribution >= 4 is 0 Å². The second kappa shape index (κ2) is 6.01. The van der Waals surface area contributed by atoms with E-state index < -0.39 is 0 Å². The van der Waals surface area contributed by atoms with Crippen molar-refractivity contribution in [2.75, 3.05) is 6.61 Å². The molecule has 4 heteroatoms. The van der Waals surface area contributed by atoms with Gasteiger partial charge in [-0.1, -0.05) is 42.5 Å². The van der Waals surface area contributed by atoms with Crippen molar-refractivity contribution in [3.05, 3.63) is 48.3 Å². The number of hydrogen-bond donors (Lipinski definition) is 1. The van der Waals surface area contributed by atoms with Crippen molar-refractivity contribution in [2.24, 2.45) is 0 Å². The summed E-state index contributed by atoms with van der Waals surface area (Å²) >= 11 is 0. The lowest BCUT2D eigenvalue weighted by molar-refractivity contribution is 0.265. The molecule has 2 aromatic rings. The minimum absolute atomic E-state index is 0.0904. The summed E-state index contributed by atoms with van der Waals surface area (Å²) in [5.41, 5.74) is 1.02. The molecule has 4 nitrogen and oxygen atoms in total. The molecule has 1 aliphatic carbocycles. The standard InChI is InChI=1S/C16H19N3O/c20-12-11-19-16(14-9-5-2-6-10-14)17-15(18-19)13-7-3-1-4-8-13/h1-5,7-8,14,20H,6,9-12H2/t14-/m1/s1. The third-order valence-electron chi connectivity index (χ3n) is 3.68. The van der Waals surface area contributed by atoms with Gasteiger partial charge in [-0.15, -0.1) is 0 Å². The molecule has 0 radical (unpaired) electrons. The van der Waals surface area contributed by atoms with Gasteiger partial charge in [-0.25, -0.2) is 9.67 Å². The van der Waals surface area contributed by atoms with Gasteiger partial charge in [0.15, 0.2) is 5.82 Å². The van der Waals surface area contributed by atoms with E-state index in [1.54, 1.807) is 0 Å². The molecule has 104 valence electrons. The number of nitrogens with zero attached hydrogens (tertiary/aromatic N) is 3. The second-order valence-corrected chi connectivity index (χ2v) is 5.09. The zero-order chi connectivity index (χ0) is 13.8. The normalized spacial score (nSPS) is 18.4. The quantitative estimate of drug-likeness (QED) is 0.868. The van der Waals surface area contributed by atoms with Crippen molar-refractivity contribution < 1.29 is 5.11 Å². The number of hydrogen-bond acceptors (Lipinski definition) is 3. The van der Waals surface area contributed by atoms with Crippen LogP contribution in [-0.2, 0) is 6.54 Å². The van der Waals surface area contributed by atoms with Gasteiger partial charge in [0, 0.05) is 11.5 Å². The van der Waals surface area contributed by atoms with Crippen LogP contribution in [0.5, 0.6) is 0 Å². The topological polar surface area (TPSA) is 50.9 Å². The van der Waals surface area contributed by atoms with Crippen LogP contribution in [0.3, 0.4) is 0 Å². The van der Waals surface area contributed by atoms with Gasteiger partial charge in [0.1, 0.15) is 5.82 Å². The summed E-state index contributed by atoms with van der Waals surface area (Å²) in [5, 5.41) is 13.8. The monoisotopic (exact) mass is 269 g/mol. The van der Waals surface area contributed by atoms with E-state index in [0.29, 0.717) is 12.5 Å². The van der Waals surface area contributed by atoms with Gasteiger partial charge in [0.05, 0.1) is 13.2 Å². The molecular formula is C16H19N3O. The van der Waals surface area contributed by atoms with Gasteiger partial charge < -0.3 is 5.11 Å². The van der Waals surface area contributed by atoms with Crippen molar-refractivity contribution in [1.29, 1.82) is 0 Å². The van der Waals surface area contributed by atoms with Crippen molar-refractivity contribution in [1.82, 2.24) is 14.8 Å². The number of allylic oxidation sites excluding steroid dienone is 2. The second-order valence-electron chi connectivity index (χ2n) is 5.09. The third-order valence-corrected chi connectivity index (χ3v) is 3.68. The lowest BCUT2D eigenvalue weighted by atomic mass is 9.94. The SMILES string of the molecule is OCCn1nc(-c2ccccc2)nc1[C@@H]1CC=CCC1. The number of aliphatic hydroxyl groups is 1. The van der Waals surface area contributed by atoms with E-state index in [9.17, 15) is 5.11 Å². The van der Waals surface area contributed by atoms with Crippen LogP contribution in [0.15, 0.2) is 42.5 Å². The maximum atomic E-state index is 9.22. The molecule has 20 heavy (non-hydrogen) atoms. The first-order valence-electron chi connectivity index (χ1n) is 7.14. The van der Waals surface area contributed by atoms with E-state index in [1.165, 1.54) is 0 Å². The fraction of sp³-hybridized carbons (Fsp3) is 0.375. The molecule has 1 aromatic heterocycles. The Balaban J connectivity index is 1.95. The van der Waals surface area contributed by atoms with Crippen LogP contribution < -0.4 is 0 Å². The number of benzene rings is 1. The highest BCUT2D eigenvalue weighted by Gasteiger charge is 2.20. The first kappa shape index (κ1) is 13.1. The van der Waals surface area contributed by atoms with E-state index in [2.05, 4.69) is 17.3 Å². The third kappa shape index (κ3) is 2.65. The lowest BCUT2D eigenvalue weighted by Crippen LogP contribution is -2.13. The van der Waals surface area contributed by atoms with Crippen molar-refractivity contribution in [3.8, 4) is 11.4 Å². The van der Waals surface area contributed by atoms with Crippen molar-refractivity contribution in [2.45, 2.75) is 31.7 Å². The van der Waals surface area contributed by atoms with E-state index >= 15 is 0 Å². The Morgan fingerprint density at radius 2 is 2.05 bits per heavy atom. The van der Waals surface area contributed by atoms with E-state index in [1.807, 2.05) is 35.0 Å². The Morgan fingerprint density at radius 1 is 1.20 bits per heavy atom. The van der Waals surface area contributed by atoms with Crippen LogP contribution in [-0.4, -0.2) is 26.5 Å². The summed E-state index contributed by atoms with van der Waals surface area (Å²) in [5.74, 6) is 2.17. The Kier molecular flexibility index (Phi) is 3.92. The Bertz CT molecular complexity index is 589. The number of aromatic nitrogens is 3. The highest BCUT2D eigenvalue weighted by atomic mass is 16.3. The number of rotatable bonds is 4. The summed E-state index contributed by atoms with van der Waals surface area (Å²) < 4.78 is 1.87. The molecule has 0 amide bonds. The molecule has 1 heterocycles.